The SMILES string of the molecule is CNC(=O)c1cc(Oc2ccc3c(c2)nc(Nc2ccc(C(=O)NC(C)C)cc2)n3C)ccn1. The maximum Gasteiger partial charge on any atom is 0.269 e. The molecular weight excluding hydrogens is 432 g/mol. The van der Waals surface area contributed by atoms with Crippen LogP contribution in [-0.4, -0.2) is 39.4 Å². The van der Waals surface area contributed by atoms with Gasteiger partial charge in [-0.2, -0.15) is 0 Å². The molecule has 0 unspecified atom stereocenters. The highest BCUT2D eigenvalue weighted by Crippen LogP contribution is 2.28. The lowest BCUT2D eigenvalue weighted by atomic mass is 10.2. The van der Waals surface area contributed by atoms with Crippen LogP contribution >= 0.6 is 0 Å². The highest BCUT2D eigenvalue weighted by molar-refractivity contribution is 5.94. The number of fused-ring (bicyclic) bond motifs is 1. The van der Waals surface area contributed by atoms with Gasteiger partial charge in [0.05, 0.1) is 11.0 Å². The number of carbonyl (C=O) groups is 2. The molecule has 4 aromatic rings. The van der Waals surface area contributed by atoms with Crippen molar-refractivity contribution >= 4 is 34.5 Å². The van der Waals surface area contributed by atoms with Crippen LogP contribution in [0.15, 0.2) is 60.8 Å². The number of rotatable bonds is 7. The van der Waals surface area contributed by atoms with Gasteiger partial charge in [-0.15, -0.1) is 0 Å². The van der Waals surface area contributed by atoms with Crippen molar-refractivity contribution in [3.05, 3.63) is 72.1 Å². The van der Waals surface area contributed by atoms with E-state index >= 15 is 0 Å². The van der Waals surface area contributed by atoms with Crippen molar-refractivity contribution in [2.75, 3.05) is 12.4 Å². The van der Waals surface area contributed by atoms with Crippen LogP contribution in [0.5, 0.6) is 11.5 Å². The Labute approximate surface area is 197 Å². The Balaban J connectivity index is 1.52. The maximum absolute atomic E-state index is 12.1. The minimum absolute atomic E-state index is 0.0793. The Bertz CT molecular complexity index is 1340. The highest BCUT2D eigenvalue weighted by atomic mass is 16.5. The average Bonchev–Trinajstić information content (AvgIpc) is 3.13. The van der Waals surface area contributed by atoms with E-state index in [1.54, 1.807) is 31.3 Å². The number of hydrogen-bond donors (Lipinski definition) is 3. The summed E-state index contributed by atoms with van der Waals surface area (Å²) < 4.78 is 7.86. The average molecular weight is 459 g/mol. The van der Waals surface area contributed by atoms with Crippen molar-refractivity contribution < 1.29 is 14.3 Å². The summed E-state index contributed by atoms with van der Waals surface area (Å²) >= 11 is 0. The fourth-order valence-electron chi connectivity index (χ4n) is 3.40. The molecule has 3 N–H and O–H groups in total. The summed E-state index contributed by atoms with van der Waals surface area (Å²) in [5.74, 6) is 1.36. The summed E-state index contributed by atoms with van der Waals surface area (Å²) in [6.07, 6.45) is 1.53. The van der Waals surface area contributed by atoms with Crippen LogP contribution in [0.3, 0.4) is 0 Å². The predicted octanol–water partition coefficient (Wildman–Crippen LogP) is 4.00. The zero-order chi connectivity index (χ0) is 24.2. The lowest BCUT2D eigenvalue weighted by Gasteiger charge is -2.10. The van der Waals surface area contributed by atoms with E-state index in [-0.39, 0.29) is 23.6 Å². The van der Waals surface area contributed by atoms with E-state index in [9.17, 15) is 9.59 Å². The van der Waals surface area contributed by atoms with Gasteiger partial charge in [0.2, 0.25) is 5.95 Å². The first-order valence-corrected chi connectivity index (χ1v) is 10.8. The summed E-state index contributed by atoms with van der Waals surface area (Å²) in [6.45, 7) is 3.85. The second-order valence-electron chi connectivity index (χ2n) is 8.03. The number of imidazole rings is 1. The molecule has 0 atom stereocenters. The number of nitrogens with one attached hydrogen (secondary N) is 3. The van der Waals surface area contributed by atoms with Gasteiger partial charge in [-0.05, 0) is 56.3 Å². The van der Waals surface area contributed by atoms with E-state index in [1.165, 1.54) is 6.20 Å². The van der Waals surface area contributed by atoms with Crippen molar-refractivity contribution in [1.29, 1.82) is 0 Å². The third-order valence-corrected chi connectivity index (χ3v) is 5.10. The molecule has 2 amide bonds. The number of carbonyl (C=O) groups excluding carboxylic acids is 2. The van der Waals surface area contributed by atoms with Crippen molar-refractivity contribution in [2.24, 2.45) is 7.05 Å². The molecule has 174 valence electrons. The van der Waals surface area contributed by atoms with Gasteiger partial charge in [0.25, 0.3) is 11.8 Å². The van der Waals surface area contributed by atoms with Crippen LogP contribution in [0.4, 0.5) is 11.6 Å². The molecule has 34 heavy (non-hydrogen) atoms. The molecule has 9 nitrogen and oxygen atoms in total. The monoisotopic (exact) mass is 458 g/mol. The zero-order valence-electron chi connectivity index (χ0n) is 19.4. The summed E-state index contributed by atoms with van der Waals surface area (Å²) in [6, 6.07) is 16.2. The lowest BCUT2D eigenvalue weighted by Crippen LogP contribution is -2.29. The molecule has 4 rings (SSSR count). The number of pyridine rings is 1. The summed E-state index contributed by atoms with van der Waals surface area (Å²) in [5, 5.41) is 8.71. The molecule has 2 heterocycles. The van der Waals surface area contributed by atoms with Crippen molar-refractivity contribution in [2.45, 2.75) is 19.9 Å². The fourth-order valence-corrected chi connectivity index (χ4v) is 3.40. The number of ether oxygens (including phenoxy) is 1. The van der Waals surface area contributed by atoms with Gasteiger partial charge in [-0.3, -0.25) is 14.6 Å². The summed E-state index contributed by atoms with van der Waals surface area (Å²) in [7, 11) is 3.47. The van der Waals surface area contributed by atoms with Gasteiger partial charge in [-0.25, -0.2) is 4.98 Å². The minimum atomic E-state index is -0.282. The molecule has 0 bridgehead atoms. The third kappa shape index (κ3) is 4.98. The quantitative estimate of drug-likeness (QED) is 0.386. The standard InChI is InChI=1S/C25H26N6O3/c1-15(2)28-23(32)16-5-7-17(8-6-16)29-25-30-20-13-18(9-10-22(20)31(25)4)34-19-11-12-27-21(14-19)24(33)26-3/h5-15H,1-4H3,(H,26,33)(H,28,32)(H,29,30). The molecule has 9 heteroatoms. The largest absolute Gasteiger partial charge is 0.457 e. The topological polar surface area (TPSA) is 110 Å². The van der Waals surface area contributed by atoms with Gasteiger partial charge in [0, 0.05) is 49.7 Å². The molecular formula is C25H26N6O3. The van der Waals surface area contributed by atoms with Crippen LogP contribution in [0.25, 0.3) is 11.0 Å². The van der Waals surface area contributed by atoms with Crippen LogP contribution in [0.1, 0.15) is 34.7 Å². The smallest absolute Gasteiger partial charge is 0.269 e. The van der Waals surface area contributed by atoms with Gasteiger partial charge in [0.15, 0.2) is 0 Å². The molecule has 0 aliphatic carbocycles. The Morgan fingerprint density at radius 1 is 0.971 bits per heavy atom. The van der Waals surface area contributed by atoms with E-state index in [1.807, 2.05) is 55.8 Å². The van der Waals surface area contributed by atoms with E-state index in [4.69, 9.17) is 4.74 Å². The minimum Gasteiger partial charge on any atom is -0.457 e. The van der Waals surface area contributed by atoms with Gasteiger partial charge < -0.3 is 25.3 Å². The third-order valence-electron chi connectivity index (χ3n) is 5.10. The first-order chi connectivity index (χ1) is 16.3. The molecule has 0 aliphatic heterocycles. The Morgan fingerprint density at radius 2 is 1.71 bits per heavy atom. The molecule has 0 fully saturated rings. The number of aromatic nitrogens is 3. The second kappa shape index (κ2) is 9.62. The van der Waals surface area contributed by atoms with E-state index < -0.39 is 0 Å². The van der Waals surface area contributed by atoms with E-state index in [0.29, 0.717) is 23.0 Å². The van der Waals surface area contributed by atoms with Gasteiger partial charge >= 0.3 is 0 Å². The van der Waals surface area contributed by atoms with E-state index in [2.05, 4.69) is 25.9 Å². The van der Waals surface area contributed by atoms with Crippen molar-refractivity contribution in [3.63, 3.8) is 0 Å². The zero-order valence-corrected chi connectivity index (χ0v) is 19.4. The fraction of sp³-hybridized carbons (Fsp3) is 0.200. The number of hydrogen-bond acceptors (Lipinski definition) is 6. The Morgan fingerprint density at radius 3 is 2.41 bits per heavy atom. The number of amides is 2. The first kappa shape index (κ1) is 22.8. The molecule has 0 saturated carbocycles. The molecule has 0 saturated heterocycles. The molecule has 0 aliphatic rings. The second-order valence-corrected chi connectivity index (χ2v) is 8.03. The van der Waals surface area contributed by atoms with Crippen molar-refractivity contribution in [1.82, 2.24) is 25.2 Å². The molecule has 2 aromatic carbocycles. The molecule has 0 spiro atoms. The number of aryl methyl sites for hydroxylation is 1. The van der Waals surface area contributed by atoms with Gasteiger partial charge in [-0.1, -0.05) is 0 Å². The molecule has 2 aromatic heterocycles. The lowest BCUT2D eigenvalue weighted by molar-refractivity contribution is 0.0939. The summed E-state index contributed by atoms with van der Waals surface area (Å²) in [5.41, 5.74) is 3.36. The van der Waals surface area contributed by atoms with E-state index in [0.717, 1.165) is 16.7 Å². The van der Waals surface area contributed by atoms with Crippen LogP contribution < -0.4 is 20.7 Å². The first-order valence-electron chi connectivity index (χ1n) is 10.8. The predicted molar refractivity (Wildman–Crippen MR) is 131 cm³/mol. The number of anilines is 2. The van der Waals surface area contributed by atoms with Crippen LogP contribution in [0.2, 0.25) is 0 Å². The summed E-state index contributed by atoms with van der Waals surface area (Å²) in [4.78, 5) is 32.7. The highest BCUT2D eigenvalue weighted by Gasteiger charge is 2.12. The van der Waals surface area contributed by atoms with Crippen LogP contribution in [0, 0.1) is 0 Å². The Kier molecular flexibility index (Phi) is 6.44. The Hall–Kier alpha value is -4.40. The van der Waals surface area contributed by atoms with Crippen molar-refractivity contribution in [3.8, 4) is 11.5 Å². The van der Waals surface area contributed by atoms with Crippen LogP contribution in [-0.2, 0) is 7.05 Å². The number of nitrogens with zero attached hydrogens (tertiary/aromatic N) is 3. The molecule has 0 radical (unpaired) electrons. The van der Waals surface area contributed by atoms with Gasteiger partial charge in [0.1, 0.15) is 17.2 Å². The number of benzene rings is 2. The normalized spacial score (nSPS) is 10.9. The maximum atomic E-state index is 12.1.